The van der Waals surface area contributed by atoms with Gasteiger partial charge in [0.15, 0.2) is 0 Å². The van der Waals surface area contributed by atoms with Crippen LogP contribution in [0.4, 0.5) is 4.79 Å². The van der Waals surface area contributed by atoms with Crippen molar-refractivity contribution in [2.75, 3.05) is 14.2 Å². The molecule has 160 valence electrons. The molecule has 1 aliphatic rings. The maximum atomic E-state index is 12.8. The Hall–Kier alpha value is -3.22. The number of methoxy groups -OCH3 is 2. The fraction of sp³-hybridized carbons (Fsp3) is 0.391. The third kappa shape index (κ3) is 4.67. The first-order chi connectivity index (χ1) is 14.4. The highest BCUT2D eigenvalue weighted by molar-refractivity contribution is 5.92. The second kappa shape index (κ2) is 9.52. The van der Waals surface area contributed by atoms with Gasteiger partial charge in [-0.05, 0) is 23.6 Å². The monoisotopic (exact) mass is 412 g/mol. The summed E-state index contributed by atoms with van der Waals surface area (Å²) in [4.78, 5) is 26.8. The van der Waals surface area contributed by atoms with E-state index in [2.05, 4.69) is 5.32 Å². The molecule has 2 amide bonds. The minimum absolute atomic E-state index is 0.131. The van der Waals surface area contributed by atoms with Gasteiger partial charge >= 0.3 is 6.09 Å². The zero-order valence-corrected chi connectivity index (χ0v) is 17.8. The summed E-state index contributed by atoms with van der Waals surface area (Å²) in [5.74, 6) is 1.37. The maximum Gasteiger partial charge on any atom is 0.408 e. The van der Waals surface area contributed by atoms with Crippen molar-refractivity contribution in [3.05, 3.63) is 59.7 Å². The number of β-lactam (4-membered cyclic amide) rings is 1. The Morgan fingerprint density at radius 2 is 1.83 bits per heavy atom. The van der Waals surface area contributed by atoms with Crippen molar-refractivity contribution in [1.82, 2.24) is 10.2 Å². The molecule has 3 rings (SSSR count). The van der Waals surface area contributed by atoms with Gasteiger partial charge in [0.25, 0.3) is 0 Å². The normalized spacial score (nSPS) is 18.0. The highest BCUT2D eigenvalue weighted by Gasteiger charge is 2.49. The molecule has 1 N–H and O–H groups in total. The molecule has 0 unspecified atom stereocenters. The number of hydrogen-bond donors (Lipinski definition) is 1. The molecule has 1 fully saturated rings. The Bertz CT molecular complexity index is 884. The van der Waals surface area contributed by atoms with Gasteiger partial charge in [-0.1, -0.05) is 44.2 Å². The molecule has 7 nitrogen and oxygen atoms in total. The number of carbonyl (C=O) groups is 2. The molecule has 2 aromatic rings. The lowest BCUT2D eigenvalue weighted by Crippen LogP contribution is -2.71. The van der Waals surface area contributed by atoms with E-state index >= 15 is 0 Å². The topological polar surface area (TPSA) is 77.1 Å². The molecule has 0 saturated carbocycles. The van der Waals surface area contributed by atoms with Crippen molar-refractivity contribution in [2.45, 2.75) is 39.1 Å². The van der Waals surface area contributed by atoms with Gasteiger partial charge in [-0.15, -0.1) is 0 Å². The zero-order chi connectivity index (χ0) is 21.7. The molecule has 7 heteroatoms. The van der Waals surface area contributed by atoms with Crippen LogP contribution in [-0.4, -0.2) is 43.2 Å². The van der Waals surface area contributed by atoms with Crippen LogP contribution in [0.2, 0.25) is 0 Å². The van der Waals surface area contributed by atoms with Gasteiger partial charge in [0, 0.05) is 18.2 Å². The van der Waals surface area contributed by atoms with Gasteiger partial charge in [0.05, 0.1) is 20.3 Å². The average molecular weight is 412 g/mol. The molecule has 2 atom stereocenters. The third-order valence-corrected chi connectivity index (χ3v) is 5.25. The summed E-state index contributed by atoms with van der Waals surface area (Å²) in [7, 11) is 3.18. The van der Waals surface area contributed by atoms with Crippen molar-refractivity contribution in [1.29, 1.82) is 0 Å². The highest BCUT2D eigenvalue weighted by Crippen LogP contribution is 2.32. The van der Waals surface area contributed by atoms with Gasteiger partial charge in [-0.25, -0.2) is 4.79 Å². The Labute approximate surface area is 176 Å². The standard InChI is InChI=1S/C23H28N2O5/c1-15(2)21-20(24-23(27)30-14-16-8-6-5-7-9-16)22(26)25(21)13-17-10-11-18(28-3)12-19(17)29-4/h5-12,15,20-21H,13-14H2,1-4H3,(H,24,27)/t20-,21+/m1/s1. The van der Waals surface area contributed by atoms with Crippen LogP contribution in [0.25, 0.3) is 0 Å². The molecule has 1 heterocycles. The van der Waals surface area contributed by atoms with E-state index in [4.69, 9.17) is 14.2 Å². The van der Waals surface area contributed by atoms with Crippen molar-refractivity contribution in [2.24, 2.45) is 5.92 Å². The van der Waals surface area contributed by atoms with Crippen LogP contribution in [0.15, 0.2) is 48.5 Å². The molecular weight excluding hydrogens is 384 g/mol. The van der Waals surface area contributed by atoms with E-state index < -0.39 is 12.1 Å². The molecule has 1 saturated heterocycles. The van der Waals surface area contributed by atoms with Crippen LogP contribution in [0.5, 0.6) is 11.5 Å². The first kappa shape index (κ1) is 21.5. The fourth-order valence-electron chi connectivity index (χ4n) is 3.70. The average Bonchev–Trinajstić information content (AvgIpc) is 2.76. The lowest BCUT2D eigenvalue weighted by molar-refractivity contribution is -0.154. The summed E-state index contributed by atoms with van der Waals surface area (Å²) >= 11 is 0. The molecule has 2 aromatic carbocycles. The van der Waals surface area contributed by atoms with Crippen molar-refractivity contribution in [3.63, 3.8) is 0 Å². The SMILES string of the molecule is COc1ccc(CN2C(=O)[C@H](NC(=O)OCc3ccccc3)[C@@H]2C(C)C)c(OC)c1. The number of nitrogens with zero attached hydrogens (tertiary/aromatic N) is 1. The maximum absolute atomic E-state index is 12.8. The number of carbonyl (C=O) groups excluding carboxylic acids is 2. The van der Waals surface area contributed by atoms with E-state index in [1.165, 1.54) is 0 Å². The van der Waals surface area contributed by atoms with Gasteiger partial charge in [-0.3, -0.25) is 4.79 Å². The van der Waals surface area contributed by atoms with Crippen LogP contribution >= 0.6 is 0 Å². The Kier molecular flexibility index (Phi) is 6.82. The second-order valence-corrected chi connectivity index (χ2v) is 7.56. The van der Waals surface area contributed by atoms with E-state index in [1.54, 1.807) is 25.2 Å². The number of nitrogens with one attached hydrogen (secondary N) is 1. The number of alkyl carbamates (subject to hydrolysis) is 1. The summed E-state index contributed by atoms with van der Waals surface area (Å²) in [5.41, 5.74) is 1.77. The highest BCUT2D eigenvalue weighted by atomic mass is 16.5. The number of benzene rings is 2. The molecule has 0 aromatic heterocycles. The summed E-state index contributed by atoms with van der Waals surface area (Å²) in [6.07, 6.45) is -0.593. The van der Waals surface area contributed by atoms with E-state index in [0.29, 0.717) is 18.0 Å². The number of likely N-dealkylation sites (tertiary alicyclic amines) is 1. The predicted octanol–water partition coefficient (Wildman–Crippen LogP) is 3.37. The van der Waals surface area contributed by atoms with Crippen LogP contribution in [0.1, 0.15) is 25.0 Å². The molecule has 30 heavy (non-hydrogen) atoms. The summed E-state index contributed by atoms with van der Waals surface area (Å²) in [6, 6.07) is 14.2. The number of amides is 2. The third-order valence-electron chi connectivity index (χ3n) is 5.25. The van der Waals surface area contributed by atoms with Gasteiger partial charge in [0.2, 0.25) is 5.91 Å². The Balaban J connectivity index is 1.63. The first-order valence-corrected chi connectivity index (χ1v) is 9.93. The molecule has 0 aliphatic carbocycles. The predicted molar refractivity (Wildman–Crippen MR) is 112 cm³/mol. The summed E-state index contributed by atoms with van der Waals surface area (Å²) in [6.45, 7) is 4.61. The second-order valence-electron chi connectivity index (χ2n) is 7.56. The first-order valence-electron chi connectivity index (χ1n) is 9.93. The largest absolute Gasteiger partial charge is 0.497 e. The minimum atomic E-state index is -0.600. The number of ether oxygens (including phenoxy) is 3. The van der Waals surface area contributed by atoms with Crippen LogP contribution < -0.4 is 14.8 Å². The van der Waals surface area contributed by atoms with E-state index in [9.17, 15) is 9.59 Å². The number of rotatable bonds is 8. The van der Waals surface area contributed by atoms with Gasteiger partial charge < -0.3 is 24.4 Å². The smallest absolute Gasteiger partial charge is 0.408 e. The lowest BCUT2D eigenvalue weighted by atomic mass is 9.85. The van der Waals surface area contributed by atoms with Crippen molar-refractivity contribution >= 4 is 12.0 Å². The van der Waals surface area contributed by atoms with Crippen molar-refractivity contribution < 1.29 is 23.8 Å². The fourth-order valence-corrected chi connectivity index (χ4v) is 3.70. The van der Waals surface area contributed by atoms with Crippen LogP contribution in [-0.2, 0) is 22.7 Å². The van der Waals surface area contributed by atoms with Crippen molar-refractivity contribution in [3.8, 4) is 11.5 Å². The lowest BCUT2D eigenvalue weighted by Gasteiger charge is -2.49. The van der Waals surface area contributed by atoms with E-state index in [1.807, 2.05) is 56.3 Å². The van der Waals surface area contributed by atoms with Crippen LogP contribution in [0.3, 0.4) is 0 Å². The molecule has 1 aliphatic heterocycles. The van der Waals surface area contributed by atoms with Gasteiger partial charge in [-0.2, -0.15) is 0 Å². The number of hydrogen-bond acceptors (Lipinski definition) is 5. The van der Waals surface area contributed by atoms with Gasteiger partial charge in [0.1, 0.15) is 24.1 Å². The Morgan fingerprint density at radius 1 is 1.10 bits per heavy atom. The molecule has 0 radical (unpaired) electrons. The molecular formula is C23H28N2O5. The zero-order valence-electron chi connectivity index (χ0n) is 17.8. The van der Waals surface area contributed by atoms with Crippen LogP contribution in [0, 0.1) is 5.92 Å². The Morgan fingerprint density at radius 3 is 2.47 bits per heavy atom. The summed E-state index contributed by atoms with van der Waals surface area (Å²) < 4.78 is 15.9. The molecule has 0 bridgehead atoms. The quantitative estimate of drug-likeness (QED) is 0.673. The van der Waals surface area contributed by atoms with E-state index in [-0.39, 0.29) is 24.5 Å². The summed E-state index contributed by atoms with van der Waals surface area (Å²) in [5, 5.41) is 2.73. The minimum Gasteiger partial charge on any atom is -0.497 e. The molecule has 0 spiro atoms. The van der Waals surface area contributed by atoms with E-state index in [0.717, 1.165) is 11.1 Å².